The van der Waals surface area contributed by atoms with Crippen LogP contribution in [0.25, 0.3) is 0 Å². The third-order valence-corrected chi connectivity index (χ3v) is 2.62. The summed E-state index contributed by atoms with van der Waals surface area (Å²) >= 11 is 1.24. The lowest BCUT2D eigenvalue weighted by molar-refractivity contribution is 0.102. The first-order chi connectivity index (χ1) is 7.66. The molecule has 98 valence electrons. The summed E-state index contributed by atoms with van der Waals surface area (Å²) in [5, 5.41) is 11.1. The van der Waals surface area contributed by atoms with Crippen molar-refractivity contribution in [3.8, 4) is 0 Å². The monoisotopic (exact) mass is 309 g/mol. The minimum atomic E-state index is -0.554. The number of nitrogens with one attached hydrogen (secondary N) is 1. The third-order valence-electron chi connectivity index (χ3n) is 1.86. The quantitative estimate of drug-likeness (QED) is 0.927. The van der Waals surface area contributed by atoms with E-state index in [1.165, 1.54) is 29.5 Å². The number of aromatic nitrogens is 2. The Bertz CT molecular complexity index is 535. The van der Waals surface area contributed by atoms with E-state index in [-0.39, 0.29) is 30.4 Å². The Labute approximate surface area is 119 Å². The molecule has 4 nitrogen and oxygen atoms in total. The molecule has 18 heavy (non-hydrogen) atoms. The van der Waals surface area contributed by atoms with Crippen molar-refractivity contribution in [2.45, 2.75) is 6.92 Å². The van der Waals surface area contributed by atoms with Crippen molar-refractivity contribution < 1.29 is 9.18 Å². The van der Waals surface area contributed by atoms with Crippen LogP contribution < -0.4 is 5.32 Å². The molecule has 0 aliphatic carbocycles. The number of hydrogen-bond acceptors (Lipinski definition) is 4. The Balaban J connectivity index is 0.00000144. The van der Waals surface area contributed by atoms with Crippen LogP contribution in [-0.2, 0) is 0 Å². The second kappa shape index (κ2) is 7.25. The second-order valence-corrected chi connectivity index (χ2v) is 4.24. The van der Waals surface area contributed by atoms with Gasteiger partial charge in [0.05, 0.1) is 5.56 Å². The lowest BCUT2D eigenvalue weighted by Crippen LogP contribution is -2.13. The molecule has 0 spiro atoms. The summed E-state index contributed by atoms with van der Waals surface area (Å²) in [6.07, 6.45) is 0. The lowest BCUT2D eigenvalue weighted by Gasteiger charge is -2.01. The average Bonchev–Trinajstić information content (AvgIpc) is 2.64. The van der Waals surface area contributed by atoms with Gasteiger partial charge in [-0.25, -0.2) is 4.39 Å². The SMILES string of the molecule is Cc1nnc(NC(=O)c2ccccc2F)s1.Cl.Cl. The van der Waals surface area contributed by atoms with Crippen molar-refractivity contribution in [2.24, 2.45) is 0 Å². The molecule has 0 saturated carbocycles. The first-order valence-electron chi connectivity index (χ1n) is 4.53. The van der Waals surface area contributed by atoms with Crippen LogP contribution in [0.15, 0.2) is 24.3 Å². The van der Waals surface area contributed by atoms with E-state index >= 15 is 0 Å². The van der Waals surface area contributed by atoms with Gasteiger partial charge in [0, 0.05) is 0 Å². The Hall–Kier alpha value is -1.24. The van der Waals surface area contributed by atoms with Crippen molar-refractivity contribution in [3.63, 3.8) is 0 Å². The molecule has 0 saturated heterocycles. The molecule has 0 fully saturated rings. The maximum atomic E-state index is 13.3. The molecular weight excluding hydrogens is 300 g/mol. The van der Waals surface area contributed by atoms with E-state index in [0.29, 0.717) is 5.13 Å². The van der Waals surface area contributed by atoms with Gasteiger partial charge in [0.25, 0.3) is 5.91 Å². The van der Waals surface area contributed by atoms with Crippen molar-refractivity contribution in [2.75, 3.05) is 5.32 Å². The summed E-state index contributed by atoms with van der Waals surface area (Å²) in [6.45, 7) is 1.77. The molecular formula is C10H10Cl2FN3OS. The first kappa shape index (κ1) is 16.8. The number of amides is 1. The van der Waals surface area contributed by atoms with Crippen LogP contribution in [-0.4, -0.2) is 16.1 Å². The molecule has 1 aromatic carbocycles. The zero-order valence-electron chi connectivity index (χ0n) is 9.21. The fourth-order valence-corrected chi connectivity index (χ4v) is 1.74. The van der Waals surface area contributed by atoms with E-state index in [1.54, 1.807) is 13.0 Å². The van der Waals surface area contributed by atoms with Gasteiger partial charge in [-0.3, -0.25) is 10.1 Å². The lowest BCUT2D eigenvalue weighted by atomic mass is 10.2. The summed E-state index contributed by atoms with van der Waals surface area (Å²) < 4.78 is 13.3. The number of rotatable bonds is 2. The van der Waals surface area contributed by atoms with Crippen LogP contribution in [0.3, 0.4) is 0 Å². The summed E-state index contributed by atoms with van der Waals surface area (Å²) in [7, 11) is 0. The predicted molar refractivity (Wildman–Crippen MR) is 73.5 cm³/mol. The number of aryl methyl sites for hydroxylation is 1. The van der Waals surface area contributed by atoms with Crippen molar-refractivity contribution in [1.29, 1.82) is 0 Å². The second-order valence-electron chi connectivity index (χ2n) is 3.06. The maximum absolute atomic E-state index is 13.3. The van der Waals surface area contributed by atoms with Crippen LogP contribution >= 0.6 is 36.2 Å². The van der Waals surface area contributed by atoms with Gasteiger partial charge in [0.1, 0.15) is 10.8 Å². The molecule has 0 bridgehead atoms. The normalized spacial score (nSPS) is 9.00. The van der Waals surface area contributed by atoms with E-state index in [4.69, 9.17) is 0 Å². The Morgan fingerprint density at radius 3 is 2.50 bits per heavy atom. The van der Waals surface area contributed by atoms with Gasteiger partial charge in [-0.15, -0.1) is 35.0 Å². The highest BCUT2D eigenvalue weighted by atomic mass is 35.5. The highest BCUT2D eigenvalue weighted by Gasteiger charge is 2.12. The summed E-state index contributed by atoms with van der Waals surface area (Å²) in [4.78, 5) is 11.6. The number of carbonyl (C=O) groups excluding carboxylic acids is 1. The number of benzene rings is 1. The Kier molecular flexibility index (Phi) is 6.75. The van der Waals surface area contributed by atoms with Gasteiger partial charge >= 0.3 is 0 Å². The molecule has 1 aromatic heterocycles. The summed E-state index contributed by atoms with van der Waals surface area (Å²) in [6, 6.07) is 5.78. The molecule has 0 aliphatic heterocycles. The number of halogens is 3. The Morgan fingerprint density at radius 1 is 1.28 bits per heavy atom. The fourth-order valence-electron chi connectivity index (χ4n) is 1.16. The molecule has 0 atom stereocenters. The van der Waals surface area contributed by atoms with Crippen molar-refractivity contribution in [1.82, 2.24) is 10.2 Å². The van der Waals surface area contributed by atoms with Crippen molar-refractivity contribution >= 4 is 47.2 Å². The smallest absolute Gasteiger partial charge is 0.260 e. The van der Waals surface area contributed by atoms with Gasteiger partial charge < -0.3 is 0 Å². The zero-order valence-corrected chi connectivity index (χ0v) is 11.7. The molecule has 8 heteroatoms. The van der Waals surface area contributed by atoms with Gasteiger partial charge in [0.15, 0.2) is 0 Å². The predicted octanol–water partition coefficient (Wildman–Crippen LogP) is 3.08. The summed E-state index contributed by atoms with van der Waals surface area (Å²) in [5.41, 5.74) is -0.00430. The average molecular weight is 310 g/mol. The number of nitrogens with zero attached hydrogens (tertiary/aromatic N) is 2. The fraction of sp³-hybridized carbons (Fsp3) is 0.100. The molecule has 1 amide bonds. The molecule has 1 heterocycles. The van der Waals surface area contributed by atoms with Crippen LogP contribution in [0.5, 0.6) is 0 Å². The van der Waals surface area contributed by atoms with Gasteiger partial charge in [-0.2, -0.15) is 0 Å². The number of hydrogen-bond donors (Lipinski definition) is 1. The van der Waals surface area contributed by atoms with Crippen LogP contribution in [0.4, 0.5) is 9.52 Å². The largest absolute Gasteiger partial charge is 0.296 e. The zero-order chi connectivity index (χ0) is 11.5. The highest BCUT2D eigenvalue weighted by Crippen LogP contribution is 2.15. The third kappa shape index (κ3) is 3.90. The van der Waals surface area contributed by atoms with E-state index in [1.807, 2.05) is 0 Å². The summed E-state index contributed by atoms with van der Waals surface area (Å²) in [5.74, 6) is -1.07. The van der Waals surface area contributed by atoms with Crippen LogP contribution in [0.2, 0.25) is 0 Å². The van der Waals surface area contributed by atoms with Gasteiger partial charge in [0.2, 0.25) is 5.13 Å². The van der Waals surface area contributed by atoms with Crippen LogP contribution in [0, 0.1) is 12.7 Å². The number of anilines is 1. The molecule has 1 N–H and O–H groups in total. The van der Waals surface area contributed by atoms with Crippen LogP contribution in [0.1, 0.15) is 15.4 Å². The Morgan fingerprint density at radius 2 is 1.94 bits per heavy atom. The van der Waals surface area contributed by atoms with E-state index in [2.05, 4.69) is 15.5 Å². The molecule has 2 rings (SSSR count). The first-order valence-corrected chi connectivity index (χ1v) is 5.34. The van der Waals surface area contributed by atoms with Gasteiger partial charge in [-0.1, -0.05) is 23.5 Å². The molecule has 2 aromatic rings. The van der Waals surface area contributed by atoms with E-state index in [0.717, 1.165) is 5.01 Å². The molecule has 0 aliphatic rings. The molecule has 0 unspecified atom stereocenters. The minimum absolute atomic E-state index is 0. The molecule has 0 radical (unpaired) electrons. The van der Waals surface area contributed by atoms with E-state index in [9.17, 15) is 9.18 Å². The van der Waals surface area contributed by atoms with Gasteiger partial charge in [-0.05, 0) is 19.1 Å². The van der Waals surface area contributed by atoms with E-state index < -0.39 is 11.7 Å². The van der Waals surface area contributed by atoms with Crippen molar-refractivity contribution in [3.05, 3.63) is 40.7 Å². The standard InChI is InChI=1S/C10H8FN3OS.2ClH/c1-6-13-14-10(16-6)12-9(15)7-4-2-3-5-8(7)11;;/h2-5H,1H3,(H,12,14,15);2*1H. The maximum Gasteiger partial charge on any atom is 0.260 e. The highest BCUT2D eigenvalue weighted by molar-refractivity contribution is 7.15. The topological polar surface area (TPSA) is 54.9 Å². The minimum Gasteiger partial charge on any atom is -0.296 e. The number of carbonyl (C=O) groups is 1.